The van der Waals surface area contributed by atoms with Crippen LogP contribution in [0.4, 0.5) is 34.1 Å². The minimum Gasteiger partial charge on any atom is -0.311 e. The Bertz CT molecular complexity index is 7230. The van der Waals surface area contributed by atoms with Crippen molar-refractivity contribution in [3.8, 4) is 139 Å². The van der Waals surface area contributed by atoms with Gasteiger partial charge in [-0.15, -0.1) is 0 Å². The first-order valence-corrected chi connectivity index (χ1v) is 44.1. The van der Waals surface area contributed by atoms with Crippen molar-refractivity contribution in [2.75, 3.05) is 9.80 Å². The van der Waals surface area contributed by atoms with Crippen LogP contribution in [0, 0.1) is 0 Å². The van der Waals surface area contributed by atoms with Crippen molar-refractivity contribution in [1.29, 1.82) is 0 Å². The molecule has 0 amide bonds. The van der Waals surface area contributed by atoms with E-state index in [1.165, 1.54) is 82.8 Å². The lowest BCUT2D eigenvalue weighted by Crippen LogP contribution is -2.61. The van der Waals surface area contributed by atoms with Crippen molar-refractivity contribution in [1.82, 2.24) is 4.57 Å². The number of fused-ring (bicyclic) bond motifs is 7. The molecule has 22 rings (SSSR count). The van der Waals surface area contributed by atoms with Gasteiger partial charge in [0.2, 0.25) is 0 Å². The van der Waals surface area contributed by atoms with Gasteiger partial charge in [-0.25, -0.2) is 0 Å². The Kier molecular flexibility index (Phi) is 19.2. The van der Waals surface area contributed by atoms with Crippen LogP contribution < -0.4 is 26.2 Å². The Labute approximate surface area is 739 Å². The summed E-state index contributed by atoms with van der Waals surface area (Å²) in [6.45, 7) is 13.9. The third kappa shape index (κ3) is 13.6. The molecule has 3 heterocycles. The van der Waals surface area contributed by atoms with Crippen molar-refractivity contribution in [3.05, 3.63) is 460 Å². The lowest BCUT2D eigenvalue weighted by molar-refractivity contribution is 0.593. The van der Waals surface area contributed by atoms with Crippen molar-refractivity contribution in [2.24, 2.45) is 0 Å². The maximum Gasteiger partial charge on any atom is 0.252 e. The standard InChI is InChI=1S/C122H92BN3/c1-121(2,3)117-102(85-49-25-11-26-50-85)69-93(70-103(117)86-51-27-12-28-52-86)94-71-106(89-57-33-15-34-58-89)120(107(72-94)90-59-35-16-36-60-90)126-113-68-66-92(82-43-19-8-20-44-82)76-109(113)123-108-75-91(81-41-17-7-18-42-81)65-67-112(108)125(114-79-97(80-115(126)119(114)123)124-110-63-39-37-61-98(110)99-62-38-40-64-111(99)124)96-77-100(83-45-21-9-22-46-83)116(101(78-96)84-47-23-10-24-48-84)95-73-104(87-53-29-13-30-54-87)118(122(4,5)6)105(74-95)88-55-31-14-32-56-88/h7-80H,1-6H3. The summed E-state index contributed by atoms with van der Waals surface area (Å²) < 4.78 is 2.55. The van der Waals surface area contributed by atoms with E-state index in [0.717, 1.165) is 140 Å². The van der Waals surface area contributed by atoms with Gasteiger partial charge in [0.25, 0.3) is 6.71 Å². The highest BCUT2D eigenvalue weighted by atomic mass is 15.2. The molecule has 0 bridgehead atoms. The predicted molar refractivity (Wildman–Crippen MR) is 537 cm³/mol. The molecule has 0 N–H and O–H groups in total. The third-order valence-electron chi connectivity index (χ3n) is 25.9. The Morgan fingerprint density at radius 2 is 0.476 bits per heavy atom. The molecule has 0 radical (unpaired) electrons. The van der Waals surface area contributed by atoms with E-state index in [-0.39, 0.29) is 17.5 Å². The summed E-state index contributed by atoms with van der Waals surface area (Å²) in [5, 5.41) is 2.38. The maximum atomic E-state index is 2.72. The topological polar surface area (TPSA) is 11.4 Å². The molecule has 126 heavy (non-hydrogen) atoms. The van der Waals surface area contributed by atoms with Crippen molar-refractivity contribution < 1.29 is 0 Å². The molecular formula is C122H92BN3. The zero-order valence-electron chi connectivity index (χ0n) is 71.6. The molecular weight excluding hydrogens is 1520 g/mol. The average Bonchev–Trinajstić information content (AvgIpc) is 0.882. The molecule has 0 saturated heterocycles. The number of hydrogen-bond acceptors (Lipinski definition) is 2. The number of benzene rings is 19. The van der Waals surface area contributed by atoms with E-state index in [4.69, 9.17) is 0 Å². The molecule has 0 spiro atoms. The fraction of sp³-hybridized carbons (Fsp3) is 0.0656. The number of rotatable bonds is 15. The molecule has 20 aromatic rings. The first-order chi connectivity index (χ1) is 61.8. The van der Waals surface area contributed by atoms with Gasteiger partial charge in [-0.3, -0.25) is 0 Å². The van der Waals surface area contributed by atoms with Gasteiger partial charge >= 0.3 is 0 Å². The van der Waals surface area contributed by atoms with Gasteiger partial charge < -0.3 is 14.4 Å². The van der Waals surface area contributed by atoms with Gasteiger partial charge in [-0.05, 0) is 246 Å². The summed E-state index contributed by atoms with van der Waals surface area (Å²) in [5.74, 6) is 0. The lowest BCUT2D eigenvalue weighted by Gasteiger charge is -2.45. The van der Waals surface area contributed by atoms with Gasteiger partial charge in [0.1, 0.15) is 0 Å². The average molecular weight is 1610 g/mol. The van der Waals surface area contributed by atoms with Gasteiger partial charge in [0.05, 0.1) is 22.4 Å². The fourth-order valence-corrected chi connectivity index (χ4v) is 20.5. The quantitative estimate of drug-likeness (QED) is 0.0948. The van der Waals surface area contributed by atoms with E-state index in [0.29, 0.717) is 0 Å². The number of anilines is 6. The van der Waals surface area contributed by atoms with Crippen LogP contribution >= 0.6 is 0 Å². The summed E-state index contributed by atoms with van der Waals surface area (Å²) in [7, 11) is 0. The Hall–Kier alpha value is -15.4. The molecule has 1 aromatic heterocycles. The fourth-order valence-electron chi connectivity index (χ4n) is 20.5. The van der Waals surface area contributed by atoms with Gasteiger partial charge in [-0.2, -0.15) is 0 Å². The first-order valence-electron chi connectivity index (χ1n) is 44.1. The molecule has 3 nitrogen and oxygen atoms in total. The van der Waals surface area contributed by atoms with Crippen LogP contribution in [0.5, 0.6) is 0 Å². The van der Waals surface area contributed by atoms with E-state index in [1.54, 1.807) is 0 Å². The predicted octanol–water partition coefficient (Wildman–Crippen LogP) is 31.5. The zero-order chi connectivity index (χ0) is 84.7. The highest BCUT2D eigenvalue weighted by Gasteiger charge is 2.46. The molecule has 0 atom stereocenters. The van der Waals surface area contributed by atoms with Crippen molar-refractivity contribution in [3.63, 3.8) is 0 Å². The molecule has 0 saturated carbocycles. The molecule has 0 aliphatic carbocycles. The molecule has 4 heteroatoms. The molecule has 598 valence electrons. The highest BCUT2D eigenvalue weighted by Crippen LogP contribution is 2.57. The van der Waals surface area contributed by atoms with E-state index in [1.807, 2.05) is 0 Å². The summed E-state index contributed by atoms with van der Waals surface area (Å²) in [6.07, 6.45) is 0. The minimum atomic E-state index is -0.323. The first kappa shape index (κ1) is 76.8. The van der Waals surface area contributed by atoms with E-state index in [2.05, 4.69) is 505 Å². The summed E-state index contributed by atoms with van der Waals surface area (Å²) in [5.41, 5.74) is 43.0. The van der Waals surface area contributed by atoms with Crippen LogP contribution in [0.1, 0.15) is 52.7 Å². The van der Waals surface area contributed by atoms with E-state index < -0.39 is 0 Å². The number of hydrogen-bond donors (Lipinski definition) is 0. The molecule has 2 aliphatic rings. The second-order valence-corrected chi connectivity index (χ2v) is 35.8. The molecule has 2 aliphatic heterocycles. The summed E-state index contributed by atoms with van der Waals surface area (Å²) in [6, 6.07) is 169. The van der Waals surface area contributed by atoms with Crippen molar-refractivity contribution in [2.45, 2.75) is 52.4 Å². The van der Waals surface area contributed by atoms with Crippen LogP contribution in [0.3, 0.4) is 0 Å². The summed E-state index contributed by atoms with van der Waals surface area (Å²) in [4.78, 5) is 5.39. The largest absolute Gasteiger partial charge is 0.311 e. The third-order valence-corrected chi connectivity index (χ3v) is 25.9. The van der Waals surface area contributed by atoms with Gasteiger partial charge in [0, 0.05) is 50.3 Å². The highest BCUT2D eigenvalue weighted by molar-refractivity contribution is 7.00. The maximum absolute atomic E-state index is 2.72. The lowest BCUT2D eigenvalue weighted by atomic mass is 9.33. The summed E-state index contributed by atoms with van der Waals surface area (Å²) >= 11 is 0. The number of nitrogens with zero attached hydrogens (tertiary/aromatic N) is 3. The molecule has 0 fully saturated rings. The van der Waals surface area contributed by atoms with Crippen molar-refractivity contribution >= 4 is 79.0 Å². The van der Waals surface area contributed by atoms with E-state index >= 15 is 0 Å². The van der Waals surface area contributed by atoms with Gasteiger partial charge in [0.15, 0.2) is 0 Å². The van der Waals surface area contributed by atoms with Gasteiger partial charge in [-0.1, -0.05) is 406 Å². The van der Waals surface area contributed by atoms with E-state index in [9.17, 15) is 0 Å². The SMILES string of the molecule is CC(C)(C)c1c(-c2ccccc2)cc(-c2cc(-c3ccccc3)c(N3c4ccc(-c5ccccc5)cc4B4c5cc(-c6ccccc6)ccc5N(c5cc(-c6ccccc6)c(-c6cc(-c7ccccc7)c(C(C)(C)C)c(-c7ccccc7)c6)c(-c6ccccc6)c5)c5cc(-n6c7ccccc7c7ccccc76)cc3c54)c(-c3ccccc3)c2)cc1-c1ccccc1. The van der Waals surface area contributed by atoms with Crippen LogP contribution in [-0.4, -0.2) is 11.3 Å². The minimum absolute atomic E-state index is 0.230. The molecule has 0 unspecified atom stereocenters. The normalized spacial score (nSPS) is 12.3. The second kappa shape index (κ2) is 31.5. The van der Waals surface area contributed by atoms with Crippen LogP contribution in [0.2, 0.25) is 0 Å². The number of para-hydroxylation sites is 2. The number of aromatic nitrogens is 1. The van der Waals surface area contributed by atoms with Crippen LogP contribution in [0.15, 0.2) is 449 Å². The molecule has 19 aromatic carbocycles. The van der Waals surface area contributed by atoms with Crippen LogP contribution in [-0.2, 0) is 10.8 Å². The Morgan fingerprint density at radius 1 is 0.198 bits per heavy atom. The second-order valence-electron chi connectivity index (χ2n) is 35.8. The Morgan fingerprint density at radius 3 is 0.817 bits per heavy atom. The van der Waals surface area contributed by atoms with Crippen LogP contribution in [0.25, 0.3) is 161 Å². The zero-order valence-corrected chi connectivity index (χ0v) is 71.6. The smallest absolute Gasteiger partial charge is 0.252 e. The monoisotopic (exact) mass is 1610 g/mol. The Balaban J connectivity index is 0.904.